The predicted octanol–water partition coefficient (Wildman–Crippen LogP) is 0.389. The number of aliphatic hydroxyl groups is 1. The summed E-state index contributed by atoms with van der Waals surface area (Å²) in [5.41, 5.74) is 4.96. The molecule has 1 amide bonds. The Morgan fingerprint density at radius 1 is 1.43 bits per heavy atom. The molecule has 0 radical (unpaired) electrons. The van der Waals surface area contributed by atoms with Crippen molar-refractivity contribution >= 4 is 11.7 Å². The third kappa shape index (κ3) is 5.31. The van der Waals surface area contributed by atoms with Crippen LogP contribution in [0.15, 0.2) is 29.4 Å². The van der Waals surface area contributed by atoms with Crippen molar-refractivity contribution < 1.29 is 19.8 Å². The van der Waals surface area contributed by atoms with Gasteiger partial charge in [-0.25, -0.2) is 0 Å². The summed E-state index contributed by atoms with van der Waals surface area (Å²) in [6, 6.07) is 6.67. The second-order valence-corrected chi connectivity index (χ2v) is 5.33. The van der Waals surface area contributed by atoms with Crippen molar-refractivity contribution in [2.75, 3.05) is 20.2 Å². The largest absolute Gasteiger partial charge is 0.483 e. The molecule has 0 aromatic heterocycles. The summed E-state index contributed by atoms with van der Waals surface area (Å²) in [4.78, 5) is 13.3. The molecule has 1 rings (SSSR count). The zero-order valence-corrected chi connectivity index (χ0v) is 12.4. The molecule has 0 unspecified atom stereocenters. The third-order valence-corrected chi connectivity index (χ3v) is 2.67. The summed E-state index contributed by atoms with van der Waals surface area (Å²) in [6.07, 6.45) is 0. The molecular weight excluding hydrogens is 274 g/mol. The van der Waals surface area contributed by atoms with Gasteiger partial charge in [-0.05, 0) is 26.0 Å². The summed E-state index contributed by atoms with van der Waals surface area (Å²) < 4.78 is 5.41. The van der Waals surface area contributed by atoms with E-state index in [1.54, 1.807) is 45.2 Å². The maximum absolute atomic E-state index is 11.9. The van der Waals surface area contributed by atoms with E-state index in [-0.39, 0.29) is 24.9 Å². The smallest absolute Gasteiger partial charge is 0.260 e. The minimum atomic E-state index is -0.976. The second kappa shape index (κ2) is 6.94. The van der Waals surface area contributed by atoms with E-state index < -0.39 is 5.60 Å². The van der Waals surface area contributed by atoms with Crippen LogP contribution < -0.4 is 10.5 Å². The number of hydrogen-bond donors (Lipinski definition) is 3. The Balaban J connectivity index is 2.70. The van der Waals surface area contributed by atoms with Gasteiger partial charge in [0.05, 0.1) is 11.2 Å². The molecule has 0 aliphatic heterocycles. The Hall–Kier alpha value is -2.28. The normalized spacial score (nSPS) is 12.1. The van der Waals surface area contributed by atoms with Gasteiger partial charge in [-0.15, -0.1) is 0 Å². The van der Waals surface area contributed by atoms with Crippen LogP contribution in [0.1, 0.15) is 19.4 Å². The summed E-state index contributed by atoms with van der Waals surface area (Å²) in [6.45, 7) is 3.22. The quantitative estimate of drug-likeness (QED) is 0.304. The fraction of sp³-hybridized carbons (Fsp3) is 0.429. The highest BCUT2D eigenvalue weighted by atomic mass is 16.5. The van der Waals surface area contributed by atoms with Gasteiger partial charge in [0.15, 0.2) is 12.4 Å². The lowest BCUT2D eigenvalue weighted by molar-refractivity contribution is -0.134. The maximum Gasteiger partial charge on any atom is 0.260 e. The Labute approximate surface area is 123 Å². The number of likely N-dealkylation sites (N-methyl/N-ethyl adjacent to an activating group) is 1. The molecule has 0 spiro atoms. The van der Waals surface area contributed by atoms with Crippen molar-refractivity contribution in [2.24, 2.45) is 10.9 Å². The van der Waals surface area contributed by atoms with Gasteiger partial charge < -0.3 is 25.7 Å². The number of carbonyl (C=O) groups excluding carboxylic acids is 1. The van der Waals surface area contributed by atoms with Crippen molar-refractivity contribution in [3.63, 3.8) is 0 Å². The van der Waals surface area contributed by atoms with Crippen LogP contribution >= 0.6 is 0 Å². The number of amides is 1. The summed E-state index contributed by atoms with van der Waals surface area (Å²) in [5, 5.41) is 21.3. The lowest BCUT2D eigenvalue weighted by Crippen LogP contribution is -2.41. The van der Waals surface area contributed by atoms with Gasteiger partial charge in [0.1, 0.15) is 5.75 Å². The number of ether oxygens (including phenoxy) is 1. The van der Waals surface area contributed by atoms with Gasteiger partial charge in [-0.1, -0.05) is 17.3 Å². The van der Waals surface area contributed by atoms with Crippen LogP contribution in [0, 0.1) is 0 Å². The number of nitrogens with two attached hydrogens (primary N) is 1. The van der Waals surface area contributed by atoms with Crippen molar-refractivity contribution in [3.05, 3.63) is 29.8 Å². The minimum Gasteiger partial charge on any atom is -0.483 e. The molecule has 1 aromatic carbocycles. The number of amidine groups is 1. The lowest BCUT2D eigenvalue weighted by Gasteiger charge is -2.25. The molecule has 0 fully saturated rings. The van der Waals surface area contributed by atoms with Gasteiger partial charge in [0.2, 0.25) is 0 Å². The first-order valence-electron chi connectivity index (χ1n) is 6.40. The summed E-state index contributed by atoms with van der Waals surface area (Å²) in [7, 11) is 1.58. The van der Waals surface area contributed by atoms with E-state index in [4.69, 9.17) is 15.7 Å². The number of para-hydroxylation sites is 1. The van der Waals surface area contributed by atoms with Crippen LogP contribution in [-0.2, 0) is 4.79 Å². The first-order valence-corrected chi connectivity index (χ1v) is 6.40. The van der Waals surface area contributed by atoms with Gasteiger partial charge >= 0.3 is 0 Å². The highest BCUT2D eigenvalue weighted by Crippen LogP contribution is 2.17. The Morgan fingerprint density at radius 3 is 2.62 bits per heavy atom. The monoisotopic (exact) mass is 295 g/mol. The first kappa shape index (κ1) is 16.8. The average Bonchev–Trinajstić information content (AvgIpc) is 2.42. The molecule has 0 aliphatic rings. The van der Waals surface area contributed by atoms with Crippen LogP contribution in [0.4, 0.5) is 0 Å². The average molecular weight is 295 g/mol. The third-order valence-electron chi connectivity index (χ3n) is 2.67. The molecule has 0 aliphatic carbocycles. The van der Waals surface area contributed by atoms with Crippen LogP contribution in [0.5, 0.6) is 5.75 Å². The standard InChI is InChI=1S/C14H21N3O4/c1-14(2,19)9-17(3)12(18)8-21-11-7-5-4-6-10(11)13(15)16-20/h4-7,19-20H,8-9H2,1-3H3,(H2,15,16). The topological polar surface area (TPSA) is 108 Å². The van der Waals surface area contributed by atoms with Crippen LogP contribution in [0.2, 0.25) is 0 Å². The van der Waals surface area contributed by atoms with E-state index in [1.165, 1.54) is 4.90 Å². The summed E-state index contributed by atoms with van der Waals surface area (Å²) in [5.74, 6) is -0.0351. The molecule has 0 saturated carbocycles. The van der Waals surface area contributed by atoms with E-state index in [0.717, 1.165) is 0 Å². The lowest BCUT2D eigenvalue weighted by atomic mass is 10.1. The first-order chi connectivity index (χ1) is 9.74. The molecule has 4 N–H and O–H groups in total. The van der Waals surface area contributed by atoms with Gasteiger partial charge in [0, 0.05) is 13.6 Å². The Kier molecular flexibility index (Phi) is 5.54. The molecule has 0 saturated heterocycles. The van der Waals surface area contributed by atoms with Crippen LogP contribution in [0.25, 0.3) is 0 Å². The second-order valence-electron chi connectivity index (χ2n) is 5.33. The van der Waals surface area contributed by atoms with Crippen molar-refractivity contribution in [1.29, 1.82) is 0 Å². The molecule has 7 nitrogen and oxygen atoms in total. The summed E-state index contributed by atoms with van der Waals surface area (Å²) >= 11 is 0. The Morgan fingerprint density at radius 2 is 2.05 bits per heavy atom. The van der Waals surface area contributed by atoms with E-state index in [9.17, 15) is 9.90 Å². The van der Waals surface area contributed by atoms with E-state index >= 15 is 0 Å². The van der Waals surface area contributed by atoms with Crippen molar-refractivity contribution in [1.82, 2.24) is 4.90 Å². The van der Waals surface area contributed by atoms with Crippen LogP contribution in [-0.4, -0.2) is 52.8 Å². The van der Waals surface area contributed by atoms with Crippen molar-refractivity contribution in [3.8, 4) is 5.75 Å². The van der Waals surface area contributed by atoms with Gasteiger partial charge in [-0.2, -0.15) is 0 Å². The van der Waals surface area contributed by atoms with Gasteiger partial charge in [-0.3, -0.25) is 4.79 Å². The number of nitrogens with zero attached hydrogens (tertiary/aromatic N) is 2. The van der Waals surface area contributed by atoms with E-state index in [2.05, 4.69) is 5.16 Å². The number of benzene rings is 1. The number of hydrogen-bond acceptors (Lipinski definition) is 5. The molecule has 0 bridgehead atoms. The molecule has 116 valence electrons. The van der Waals surface area contributed by atoms with E-state index in [1.807, 2.05) is 0 Å². The maximum atomic E-state index is 11.9. The molecule has 0 heterocycles. The zero-order valence-electron chi connectivity index (χ0n) is 12.4. The van der Waals surface area contributed by atoms with E-state index in [0.29, 0.717) is 11.3 Å². The fourth-order valence-electron chi connectivity index (χ4n) is 1.78. The van der Waals surface area contributed by atoms with Gasteiger partial charge in [0.25, 0.3) is 5.91 Å². The fourth-order valence-corrected chi connectivity index (χ4v) is 1.78. The number of oxime groups is 1. The molecule has 1 aromatic rings. The molecular formula is C14H21N3O4. The number of carbonyl (C=O) groups is 1. The number of rotatable bonds is 6. The minimum absolute atomic E-state index is 0.0945. The zero-order chi connectivity index (χ0) is 16.0. The molecule has 7 heteroatoms. The highest BCUT2D eigenvalue weighted by Gasteiger charge is 2.20. The molecule has 21 heavy (non-hydrogen) atoms. The highest BCUT2D eigenvalue weighted by molar-refractivity contribution is 5.99. The van der Waals surface area contributed by atoms with Crippen LogP contribution in [0.3, 0.4) is 0 Å². The Bertz CT molecular complexity index is 523. The molecule has 0 atom stereocenters. The predicted molar refractivity (Wildman–Crippen MR) is 78.4 cm³/mol. The SMILES string of the molecule is CN(CC(C)(C)O)C(=O)COc1ccccc1C(N)=NO. The van der Waals surface area contributed by atoms with Crippen molar-refractivity contribution in [2.45, 2.75) is 19.4 Å².